The van der Waals surface area contributed by atoms with Crippen LogP contribution >= 0.6 is 0 Å². The Morgan fingerprint density at radius 3 is 3.23 bits per heavy atom. The smallest absolute Gasteiger partial charge is 0.309 e. The first-order valence-electron chi connectivity index (χ1n) is 4.79. The van der Waals surface area contributed by atoms with Gasteiger partial charge in [-0.3, -0.25) is 4.79 Å². The van der Waals surface area contributed by atoms with Crippen LogP contribution < -0.4 is 0 Å². The molecule has 2 rings (SSSR count). The lowest BCUT2D eigenvalue weighted by atomic mass is 9.64. The molecule has 0 saturated heterocycles. The van der Waals surface area contributed by atoms with Crippen molar-refractivity contribution in [2.45, 2.75) is 32.6 Å². The Kier molecular flexibility index (Phi) is 1.81. The highest BCUT2D eigenvalue weighted by Gasteiger charge is 2.44. The predicted octanol–water partition coefficient (Wildman–Crippen LogP) is 2.36. The molecule has 2 nitrogen and oxygen atoms in total. The third kappa shape index (κ3) is 1.22. The van der Waals surface area contributed by atoms with Gasteiger partial charge >= 0.3 is 5.97 Å². The van der Waals surface area contributed by atoms with Crippen LogP contribution in [0.4, 0.5) is 0 Å². The van der Waals surface area contributed by atoms with Gasteiger partial charge in [0.2, 0.25) is 0 Å². The maximum absolute atomic E-state index is 11.1. The van der Waals surface area contributed by atoms with Crippen LogP contribution in [0.1, 0.15) is 32.6 Å². The van der Waals surface area contributed by atoms with Gasteiger partial charge in [0.15, 0.2) is 0 Å². The molecule has 13 heavy (non-hydrogen) atoms. The second-order valence-corrected chi connectivity index (χ2v) is 4.31. The fourth-order valence-electron chi connectivity index (χ4n) is 2.34. The minimum atomic E-state index is -0.633. The zero-order chi connectivity index (χ0) is 9.47. The Morgan fingerprint density at radius 2 is 2.54 bits per heavy atom. The van der Waals surface area contributed by atoms with Crippen LogP contribution in [0, 0.1) is 11.3 Å². The van der Waals surface area contributed by atoms with E-state index in [9.17, 15) is 4.79 Å². The summed E-state index contributed by atoms with van der Waals surface area (Å²) >= 11 is 0. The van der Waals surface area contributed by atoms with Crippen molar-refractivity contribution in [1.82, 2.24) is 0 Å². The van der Waals surface area contributed by atoms with Gasteiger partial charge in [-0.1, -0.05) is 0 Å². The Hall–Kier alpha value is -1.01. The molecular formula is C11H14O2. The molecule has 1 saturated carbocycles. The molecule has 0 heterocycles. The van der Waals surface area contributed by atoms with Gasteiger partial charge < -0.3 is 5.11 Å². The van der Waals surface area contributed by atoms with E-state index in [1.807, 2.05) is 13.0 Å². The lowest BCUT2D eigenvalue weighted by Gasteiger charge is -2.39. The van der Waals surface area contributed by atoms with Crippen LogP contribution in [0.2, 0.25) is 0 Å². The van der Waals surface area contributed by atoms with E-state index in [1.54, 1.807) is 0 Å². The van der Waals surface area contributed by atoms with Crippen molar-refractivity contribution in [1.29, 1.82) is 0 Å². The van der Waals surface area contributed by atoms with Gasteiger partial charge in [-0.05, 0) is 50.2 Å². The van der Waals surface area contributed by atoms with Crippen molar-refractivity contribution in [3.8, 4) is 0 Å². The standard InChI is InChI=1S/C11H14O2/c1-11(10(12)13)6-5-8-3-2-4-9(11)7-8/h2,9H,4-7H2,1H3,(H,12,13). The molecule has 2 unspecified atom stereocenters. The number of rotatable bonds is 1. The van der Waals surface area contributed by atoms with Crippen molar-refractivity contribution in [2.75, 3.05) is 0 Å². The third-order valence-electron chi connectivity index (χ3n) is 3.54. The van der Waals surface area contributed by atoms with Gasteiger partial charge in [-0.25, -0.2) is 0 Å². The number of carboxylic acids is 1. The monoisotopic (exact) mass is 178 g/mol. The first-order chi connectivity index (χ1) is 6.13. The van der Waals surface area contributed by atoms with Crippen molar-refractivity contribution >= 4 is 5.97 Å². The molecule has 2 aliphatic carbocycles. The summed E-state index contributed by atoms with van der Waals surface area (Å²) in [6.45, 7) is 1.88. The van der Waals surface area contributed by atoms with Gasteiger partial charge in [-0.15, -0.1) is 5.73 Å². The fourth-order valence-corrected chi connectivity index (χ4v) is 2.34. The molecule has 1 fully saturated rings. The topological polar surface area (TPSA) is 37.3 Å². The molecule has 2 bridgehead atoms. The molecule has 2 atom stereocenters. The number of allylic oxidation sites excluding steroid dienone is 1. The molecule has 0 radical (unpaired) electrons. The molecule has 2 heteroatoms. The first-order valence-corrected chi connectivity index (χ1v) is 4.79. The van der Waals surface area contributed by atoms with Gasteiger partial charge in [0.05, 0.1) is 5.41 Å². The van der Waals surface area contributed by atoms with Crippen LogP contribution in [-0.4, -0.2) is 11.1 Å². The molecule has 0 amide bonds. The molecule has 2 aliphatic rings. The number of carboxylic acid groups (broad SMARTS) is 1. The normalized spacial score (nSPS) is 37.0. The first kappa shape index (κ1) is 8.58. The van der Waals surface area contributed by atoms with E-state index in [0.717, 1.165) is 25.7 Å². The number of hydrogen-bond donors (Lipinski definition) is 1. The minimum absolute atomic E-state index is 0.301. The molecule has 0 aromatic carbocycles. The Morgan fingerprint density at radius 1 is 1.77 bits per heavy atom. The van der Waals surface area contributed by atoms with E-state index in [2.05, 4.69) is 5.73 Å². The number of fused-ring (bicyclic) bond motifs is 2. The SMILES string of the molecule is CC1(C(=O)O)CCC2=C=CCC1C2. The highest BCUT2D eigenvalue weighted by Crippen LogP contribution is 2.46. The maximum atomic E-state index is 11.1. The van der Waals surface area contributed by atoms with E-state index in [-0.39, 0.29) is 0 Å². The van der Waals surface area contributed by atoms with E-state index >= 15 is 0 Å². The quantitative estimate of drug-likeness (QED) is 0.626. The van der Waals surface area contributed by atoms with Crippen LogP contribution in [0.3, 0.4) is 0 Å². The highest BCUT2D eigenvalue weighted by molar-refractivity contribution is 5.75. The number of hydrogen-bond acceptors (Lipinski definition) is 1. The van der Waals surface area contributed by atoms with E-state index < -0.39 is 11.4 Å². The van der Waals surface area contributed by atoms with Crippen LogP contribution in [-0.2, 0) is 4.79 Å². The van der Waals surface area contributed by atoms with E-state index in [4.69, 9.17) is 5.11 Å². The molecule has 0 aromatic heterocycles. The zero-order valence-corrected chi connectivity index (χ0v) is 7.84. The summed E-state index contributed by atoms with van der Waals surface area (Å²) in [5.41, 5.74) is 4.04. The minimum Gasteiger partial charge on any atom is -0.481 e. The Labute approximate surface area is 78.0 Å². The van der Waals surface area contributed by atoms with Gasteiger partial charge in [0.25, 0.3) is 0 Å². The second-order valence-electron chi connectivity index (χ2n) is 4.31. The van der Waals surface area contributed by atoms with E-state index in [0.29, 0.717) is 5.92 Å². The molecule has 1 N–H and O–H groups in total. The zero-order valence-electron chi connectivity index (χ0n) is 7.84. The van der Waals surface area contributed by atoms with Crippen molar-refractivity contribution in [2.24, 2.45) is 11.3 Å². The third-order valence-corrected chi connectivity index (χ3v) is 3.54. The lowest BCUT2D eigenvalue weighted by molar-refractivity contribution is -0.152. The van der Waals surface area contributed by atoms with Gasteiger partial charge in [0.1, 0.15) is 0 Å². The van der Waals surface area contributed by atoms with Crippen molar-refractivity contribution in [3.63, 3.8) is 0 Å². The molecule has 0 aliphatic heterocycles. The summed E-state index contributed by atoms with van der Waals surface area (Å²) < 4.78 is 0. The molecular weight excluding hydrogens is 164 g/mol. The molecule has 0 spiro atoms. The van der Waals surface area contributed by atoms with Gasteiger partial charge in [-0.2, -0.15) is 0 Å². The largest absolute Gasteiger partial charge is 0.481 e. The summed E-state index contributed by atoms with van der Waals surface area (Å²) in [6.07, 6.45) is 5.52. The van der Waals surface area contributed by atoms with Crippen LogP contribution in [0.15, 0.2) is 17.4 Å². The number of aliphatic carboxylic acids is 1. The highest BCUT2D eigenvalue weighted by atomic mass is 16.4. The Balaban J connectivity index is 2.29. The van der Waals surface area contributed by atoms with E-state index in [1.165, 1.54) is 5.57 Å². The lowest BCUT2D eigenvalue weighted by Crippen LogP contribution is -2.39. The van der Waals surface area contributed by atoms with Crippen LogP contribution in [0.25, 0.3) is 0 Å². The van der Waals surface area contributed by atoms with Gasteiger partial charge in [0, 0.05) is 0 Å². The average molecular weight is 178 g/mol. The number of carbonyl (C=O) groups is 1. The second kappa shape index (κ2) is 2.74. The van der Waals surface area contributed by atoms with Crippen molar-refractivity contribution in [3.05, 3.63) is 17.4 Å². The fraction of sp³-hybridized carbons (Fsp3) is 0.636. The molecule has 0 aromatic rings. The maximum Gasteiger partial charge on any atom is 0.309 e. The van der Waals surface area contributed by atoms with Crippen molar-refractivity contribution < 1.29 is 9.90 Å². The predicted molar refractivity (Wildman–Crippen MR) is 49.3 cm³/mol. The Bertz CT molecular complexity index is 310. The van der Waals surface area contributed by atoms with Crippen LogP contribution in [0.5, 0.6) is 0 Å². The summed E-state index contributed by atoms with van der Waals surface area (Å²) in [4.78, 5) is 11.1. The summed E-state index contributed by atoms with van der Waals surface area (Å²) in [7, 11) is 0. The summed E-state index contributed by atoms with van der Waals surface area (Å²) in [6, 6.07) is 0. The molecule has 70 valence electrons. The average Bonchev–Trinajstić information content (AvgIpc) is 2.13. The summed E-state index contributed by atoms with van der Waals surface area (Å²) in [5.74, 6) is -0.332. The summed E-state index contributed by atoms with van der Waals surface area (Å²) in [5, 5.41) is 9.17.